The molecular formula is C16H27N3O. The van der Waals surface area contributed by atoms with E-state index in [-0.39, 0.29) is 11.4 Å². The second kappa shape index (κ2) is 5.73. The highest BCUT2D eigenvalue weighted by atomic mass is 16.2. The van der Waals surface area contributed by atoms with Crippen LogP contribution in [0.25, 0.3) is 0 Å². The van der Waals surface area contributed by atoms with Crippen molar-refractivity contribution < 1.29 is 4.79 Å². The first kappa shape index (κ1) is 15.3. The fourth-order valence-electron chi connectivity index (χ4n) is 3.41. The minimum atomic E-state index is -0.720. The van der Waals surface area contributed by atoms with Crippen LogP contribution in [0, 0.1) is 16.7 Å². The summed E-state index contributed by atoms with van der Waals surface area (Å²) in [5.41, 5.74) is -0.560. The fraction of sp³-hybridized carbons (Fsp3) is 0.875. The van der Waals surface area contributed by atoms with Gasteiger partial charge >= 0.3 is 0 Å². The van der Waals surface area contributed by atoms with E-state index in [0.717, 1.165) is 58.3 Å². The molecule has 0 N–H and O–H groups in total. The number of hydrogen-bond donors (Lipinski definition) is 0. The van der Waals surface area contributed by atoms with Gasteiger partial charge in [-0.2, -0.15) is 5.26 Å². The molecule has 1 heterocycles. The Labute approximate surface area is 122 Å². The van der Waals surface area contributed by atoms with E-state index >= 15 is 0 Å². The van der Waals surface area contributed by atoms with Crippen LogP contribution in [0.5, 0.6) is 0 Å². The number of carbonyl (C=O) groups excluding carboxylic acids is 1. The molecule has 0 atom stereocenters. The van der Waals surface area contributed by atoms with Crippen molar-refractivity contribution in [3.63, 3.8) is 0 Å². The smallest absolute Gasteiger partial charge is 0.243 e. The molecule has 0 spiro atoms. The lowest BCUT2D eigenvalue weighted by molar-refractivity contribution is -0.143. The first-order valence-corrected chi connectivity index (χ1v) is 7.85. The molecule has 0 unspecified atom stereocenters. The molecule has 0 aromatic rings. The van der Waals surface area contributed by atoms with E-state index in [1.807, 2.05) is 4.90 Å². The molecule has 1 aliphatic heterocycles. The summed E-state index contributed by atoms with van der Waals surface area (Å²) in [5, 5.41) is 9.52. The second-order valence-corrected chi connectivity index (χ2v) is 7.20. The standard InChI is InChI=1S/C16H27N3O/c1-15(2,3)19-11-9-18(10-12-19)14(20)16(13-17)7-5-4-6-8-16/h4-12H2,1-3H3. The predicted molar refractivity (Wildman–Crippen MR) is 79.0 cm³/mol. The number of amides is 1. The van der Waals surface area contributed by atoms with Crippen LogP contribution >= 0.6 is 0 Å². The van der Waals surface area contributed by atoms with Crippen LogP contribution in [-0.4, -0.2) is 47.4 Å². The SMILES string of the molecule is CC(C)(C)N1CCN(C(=O)C2(C#N)CCCCC2)CC1. The van der Waals surface area contributed by atoms with E-state index in [1.165, 1.54) is 0 Å². The van der Waals surface area contributed by atoms with E-state index < -0.39 is 5.41 Å². The maximum absolute atomic E-state index is 12.7. The van der Waals surface area contributed by atoms with Gasteiger partial charge in [-0.3, -0.25) is 9.69 Å². The van der Waals surface area contributed by atoms with Crippen molar-refractivity contribution in [3.05, 3.63) is 0 Å². The number of carbonyl (C=O) groups is 1. The van der Waals surface area contributed by atoms with Crippen molar-refractivity contribution in [3.8, 4) is 6.07 Å². The van der Waals surface area contributed by atoms with E-state index in [2.05, 4.69) is 31.7 Å². The van der Waals surface area contributed by atoms with Crippen LogP contribution in [0.1, 0.15) is 52.9 Å². The Morgan fingerprint density at radius 1 is 1.05 bits per heavy atom. The van der Waals surface area contributed by atoms with Crippen molar-refractivity contribution in [1.29, 1.82) is 5.26 Å². The maximum Gasteiger partial charge on any atom is 0.243 e. The van der Waals surface area contributed by atoms with Gasteiger partial charge in [0.15, 0.2) is 0 Å². The van der Waals surface area contributed by atoms with Gasteiger partial charge in [0.1, 0.15) is 5.41 Å². The Morgan fingerprint density at radius 3 is 2.05 bits per heavy atom. The van der Waals surface area contributed by atoms with Gasteiger partial charge in [-0.15, -0.1) is 0 Å². The van der Waals surface area contributed by atoms with Gasteiger partial charge in [-0.1, -0.05) is 19.3 Å². The first-order chi connectivity index (χ1) is 9.39. The lowest BCUT2D eigenvalue weighted by atomic mass is 9.74. The summed E-state index contributed by atoms with van der Waals surface area (Å²) < 4.78 is 0. The van der Waals surface area contributed by atoms with Gasteiger partial charge < -0.3 is 4.90 Å². The lowest BCUT2D eigenvalue weighted by Gasteiger charge is -2.44. The van der Waals surface area contributed by atoms with Crippen LogP contribution in [0.3, 0.4) is 0 Å². The Bertz CT molecular complexity index is 391. The molecule has 0 radical (unpaired) electrons. The molecular weight excluding hydrogens is 250 g/mol. The second-order valence-electron chi connectivity index (χ2n) is 7.20. The van der Waals surface area contributed by atoms with Crippen molar-refractivity contribution in [2.45, 2.75) is 58.4 Å². The topological polar surface area (TPSA) is 47.3 Å². The summed E-state index contributed by atoms with van der Waals surface area (Å²) in [6, 6.07) is 2.35. The van der Waals surface area contributed by atoms with Gasteiger partial charge in [0.25, 0.3) is 0 Å². The van der Waals surface area contributed by atoms with Crippen molar-refractivity contribution in [1.82, 2.24) is 9.80 Å². The number of rotatable bonds is 1. The molecule has 0 aromatic carbocycles. The largest absolute Gasteiger partial charge is 0.339 e. The van der Waals surface area contributed by atoms with E-state index in [9.17, 15) is 10.1 Å². The Balaban J connectivity index is 1.99. The van der Waals surface area contributed by atoms with E-state index in [0.29, 0.717) is 0 Å². The number of piperazine rings is 1. The van der Waals surface area contributed by atoms with E-state index in [4.69, 9.17) is 0 Å². The van der Waals surface area contributed by atoms with Crippen LogP contribution in [0.15, 0.2) is 0 Å². The first-order valence-electron chi connectivity index (χ1n) is 7.85. The molecule has 0 bridgehead atoms. The summed E-state index contributed by atoms with van der Waals surface area (Å²) in [7, 11) is 0. The molecule has 4 heteroatoms. The van der Waals surface area contributed by atoms with Crippen LogP contribution in [0.4, 0.5) is 0 Å². The Kier molecular flexibility index (Phi) is 4.39. The van der Waals surface area contributed by atoms with Gasteiger partial charge in [-0.25, -0.2) is 0 Å². The molecule has 1 saturated carbocycles. The molecule has 1 aliphatic carbocycles. The van der Waals surface area contributed by atoms with Crippen LogP contribution in [-0.2, 0) is 4.79 Å². The summed E-state index contributed by atoms with van der Waals surface area (Å²) in [6.07, 6.45) is 4.70. The zero-order valence-corrected chi connectivity index (χ0v) is 13.1. The third kappa shape index (κ3) is 2.98. The Hall–Kier alpha value is -1.08. The highest BCUT2D eigenvalue weighted by Gasteiger charge is 2.43. The average molecular weight is 277 g/mol. The lowest BCUT2D eigenvalue weighted by Crippen LogP contribution is -2.57. The predicted octanol–water partition coefficient (Wildman–Crippen LogP) is 2.40. The molecule has 4 nitrogen and oxygen atoms in total. The molecule has 1 saturated heterocycles. The maximum atomic E-state index is 12.7. The van der Waals surface area contributed by atoms with Gasteiger partial charge in [-0.05, 0) is 33.6 Å². The molecule has 2 fully saturated rings. The minimum Gasteiger partial charge on any atom is -0.339 e. The zero-order chi connectivity index (χ0) is 14.8. The molecule has 20 heavy (non-hydrogen) atoms. The normalized spacial score (nSPS) is 24.2. The molecule has 2 aliphatic rings. The van der Waals surface area contributed by atoms with Crippen molar-refractivity contribution in [2.24, 2.45) is 5.41 Å². The molecule has 1 amide bonds. The molecule has 2 rings (SSSR count). The summed E-state index contributed by atoms with van der Waals surface area (Å²) in [6.45, 7) is 9.99. The Morgan fingerprint density at radius 2 is 1.60 bits per heavy atom. The third-order valence-corrected chi connectivity index (χ3v) is 4.85. The average Bonchev–Trinajstić information content (AvgIpc) is 2.46. The van der Waals surface area contributed by atoms with E-state index in [1.54, 1.807) is 0 Å². The number of nitrogens with zero attached hydrogens (tertiary/aromatic N) is 3. The van der Waals surface area contributed by atoms with Crippen LogP contribution < -0.4 is 0 Å². The van der Waals surface area contributed by atoms with Crippen LogP contribution in [0.2, 0.25) is 0 Å². The summed E-state index contributed by atoms with van der Waals surface area (Å²) in [4.78, 5) is 17.1. The quantitative estimate of drug-likeness (QED) is 0.739. The van der Waals surface area contributed by atoms with Crippen molar-refractivity contribution >= 4 is 5.91 Å². The summed E-state index contributed by atoms with van der Waals surface area (Å²) >= 11 is 0. The monoisotopic (exact) mass is 277 g/mol. The minimum absolute atomic E-state index is 0.0910. The number of hydrogen-bond acceptors (Lipinski definition) is 3. The third-order valence-electron chi connectivity index (χ3n) is 4.85. The van der Waals surface area contributed by atoms with Gasteiger partial charge in [0, 0.05) is 31.7 Å². The highest BCUT2D eigenvalue weighted by Crippen LogP contribution is 2.37. The van der Waals surface area contributed by atoms with Gasteiger partial charge in [0.2, 0.25) is 5.91 Å². The molecule has 0 aromatic heterocycles. The zero-order valence-electron chi connectivity index (χ0n) is 13.1. The molecule has 112 valence electrons. The highest BCUT2D eigenvalue weighted by molar-refractivity contribution is 5.85. The summed E-state index contributed by atoms with van der Waals surface area (Å²) in [5.74, 6) is 0.0910. The fourth-order valence-corrected chi connectivity index (χ4v) is 3.41. The number of nitriles is 1. The van der Waals surface area contributed by atoms with Gasteiger partial charge in [0.05, 0.1) is 6.07 Å². The van der Waals surface area contributed by atoms with Crippen molar-refractivity contribution in [2.75, 3.05) is 26.2 Å².